The van der Waals surface area contributed by atoms with Crippen molar-refractivity contribution in [1.29, 1.82) is 0 Å². The summed E-state index contributed by atoms with van der Waals surface area (Å²) in [7, 11) is 3.03. The minimum Gasteiger partial charge on any atom is -0.493 e. The summed E-state index contributed by atoms with van der Waals surface area (Å²) in [5.74, 6) is -0.214. The smallest absolute Gasteiger partial charge is 0.272 e. The SMILES string of the molecule is COc1cccc(/C=C(/NC(=O)c2ccccc2)C(=O)Nc2cccc(SC(C)C(=O)Nc3ccc(C)c(C)c3)c2)c1OC. The summed E-state index contributed by atoms with van der Waals surface area (Å²) >= 11 is 1.37. The maximum Gasteiger partial charge on any atom is 0.272 e. The summed E-state index contributed by atoms with van der Waals surface area (Å²) in [5.41, 5.74) is 4.45. The number of rotatable bonds is 11. The van der Waals surface area contributed by atoms with Crippen molar-refractivity contribution >= 4 is 46.9 Å². The highest BCUT2D eigenvalue weighted by Gasteiger charge is 2.19. The van der Waals surface area contributed by atoms with Gasteiger partial charge in [0.05, 0.1) is 19.5 Å². The van der Waals surface area contributed by atoms with Crippen molar-refractivity contribution in [3.63, 3.8) is 0 Å². The van der Waals surface area contributed by atoms with Crippen LogP contribution in [0, 0.1) is 13.8 Å². The molecule has 4 aromatic carbocycles. The zero-order valence-electron chi connectivity index (χ0n) is 25.3. The second-order valence-corrected chi connectivity index (χ2v) is 11.4. The van der Waals surface area contributed by atoms with Gasteiger partial charge in [-0.15, -0.1) is 11.8 Å². The highest BCUT2D eigenvalue weighted by Crippen LogP contribution is 2.32. The van der Waals surface area contributed by atoms with Crippen molar-refractivity contribution in [2.24, 2.45) is 0 Å². The van der Waals surface area contributed by atoms with E-state index in [2.05, 4.69) is 16.0 Å². The fraction of sp³-hybridized carbons (Fsp3) is 0.171. The molecule has 3 N–H and O–H groups in total. The summed E-state index contributed by atoms with van der Waals surface area (Å²) in [6.07, 6.45) is 1.54. The van der Waals surface area contributed by atoms with E-state index in [1.807, 2.05) is 45.0 Å². The zero-order chi connectivity index (χ0) is 31.6. The van der Waals surface area contributed by atoms with E-state index in [1.165, 1.54) is 32.1 Å². The third kappa shape index (κ3) is 8.29. The van der Waals surface area contributed by atoms with Crippen molar-refractivity contribution in [3.05, 3.63) is 119 Å². The number of hydrogen-bond acceptors (Lipinski definition) is 6. The number of benzene rings is 4. The first kappa shape index (κ1) is 31.9. The molecule has 0 spiro atoms. The number of methoxy groups -OCH3 is 2. The molecule has 0 bridgehead atoms. The Morgan fingerprint density at radius 3 is 2.20 bits per heavy atom. The number of para-hydroxylation sites is 1. The molecule has 4 aromatic rings. The molecule has 8 nitrogen and oxygen atoms in total. The highest BCUT2D eigenvalue weighted by molar-refractivity contribution is 8.00. The van der Waals surface area contributed by atoms with Gasteiger partial charge in [0.1, 0.15) is 5.70 Å². The molecule has 9 heteroatoms. The number of thioether (sulfide) groups is 1. The van der Waals surface area contributed by atoms with Crippen LogP contribution in [0.25, 0.3) is 6.08 Å². The van der Waals surface area contributed by atoms with Gasteiger partial charge in [-0.1, -0.05) is 42.5 Å². The Hall–Kier alpha value is -5.02. The summed E-state index contributed by atoms with van der Waals surface area (Å²) in [5, 5.41) is 8.18. The number of hydrogen-bond donors (Lipinski definition) is 3. The molecular weight excluding hydrogens is 574 g/mol. The van der Waals surface area contributed by atoms with Crippen LogP contribution in [0.2, 0.25) is 0 Å². The Kier molecular flexibility index (Phi) is 10.8. The lowest BCUT2D eigenvalue weighted by molar-refractivity contribution is -0.115. The Labute approximate surface area is 261 Å². The van der Waals surface area contributed by atoms with Crippen LogP contribution in [-0.2, 0) is 9.59 Å². The molecule has 0 saturated carbocycles. The van der Waals surface area contributed by atoms with Gasteiger partial charge >= 0.3 is 0 Å². The van der Waals surface area contributed by atoms with E-state index in [4.69, 9.17) is 9.47 Å². The van der Waals surface area contributed by atoms with E-state index in [1.54, 1.807) is 66.7 Å². The van der Waals surface area contributed by atoms with Crippen LogP contribution in [0.1, 0.15) is 34.0 Å². The van der Waals surface area contributed by atoms with Crippen LogP contribution in [0.15, 0.2) is 102 Å². The van der Waals surface area contributed by atoms with Crippen LogP contribution in [0.5, 0.6) is 11.5 Å². The maximum absolute atomic E-state index is 13.6. The van der Waals surface area contributed by atoms with Gasteiger partial charge in [0.2, 0.25) is 5.91 Å². The summed E-state index contributed by atoms with van der Waals surface area (Å²) < 4.78 is 10.9. The number of carbonyl (C=O) groups is 3. The lowest BCUT2D eigenvalue weighted by Gasteiger charge is -2.15. The highest BCUT2D eigenvalue weighted by atomic mass is 32.2. The molecule has 226 valence electrons. The molecule has 0 saturated heterocycles. The molecule has 44 heavy (non-hydrogen) atoms. The minimum absolute atomic E-state index is 0.00426. The van der Waals surface area contributed by atoms with Gasteiger partial charge in [0, 0.05) is 27.4 Å². The Balaban J connectivity index is 1.53. The summed E-state index contributed by atoms with van der Waals surface area (Å²) in [4.78, 5) is 40.3. The Bertz CT molecular complexity index is 1690. The van der Waals surface area contributed by atoms with Gasteiger partial charge in [-0.25, -0.2) is 0 Å². The topological polar surface area (TPSA) is 106 Å². The molecule has 0 fully saturated rings. The lowest BCUT2D eigenvalue weighted by atomic mass is 10.1. The molecule has 0 aromatic heterocycles. The Morgan fingerprint density at radius 2 is 1.50 bits per heavy atom. The van der Waals surface area contributed by atoms with Gasteiger partial charge < -0.3 is 25.4 Å². The van der Waals surface area contributed by atoms with Crippen molar-refractivity contribution < 1.29 is 23.9 Å². The van der Waals surface area contributed by atoms with E-state index in [0.29, 0.717) is 28.3 Å². The quantitative estimate of drug-likeness (QED) is 0.127. The summed E-state index contributed by atoms with van der Waals surface area (Å²) in [6, 6.07) is 26.9. The maximum atomic E-state index is 13.6. The second kappa shape index (κ2) is 14.9. The average Bonchev–Trinajstić information content (AvgIpc) is 3.02. The van der Waals surface area contributed by atoms with Crippen molar-refractivity contribution in [3.8, 4) is 11.5 Å². The van der Waals surface area contributed by atoms with Crippen LogP contribution < -0.4 is 25.4 Å². The molecule has 0 aliphatic rings. The lowest BCUT2D eigenvalue weighted by Crippen LogP contribution is -2.30. The number of aryl methyl sites for hydroxylation is 2. The monoisotopic (exact) mass is 609 g/mol. The van der Waals surface area contributed by atoms with Gasteiger partial charge in [0.25, 0.3) is 11.8 Å². The van der Waals surface area contributed by atoms with E-state index >= 15 is 0 Å². The van der Waals surface area contributed by atoms with Crippen LogP contribution >= 0.6 is 11.8 Å². The van der Waals surface area contributed by atoms with Crippen molar-refractivity contribution in [1.82, 2.24) is 5.32 Å². The number of carbonyl (C=O) groups excluding carboxylic acids is 3. The minimum atomic E-state index is -0.540. The molecule has 0 aliphatic carbocycles. The van der Waals surface area contributed by atoms with E-state index in [9.17, 15) is 14.4 Å². The van der Waals surface area contributed by atoms with E-state index in [-0.39, 0.29) is 11.6 Å². The number of anilines is 2. The fourth-order valence-corrected chi connectivity index (χ4v) is 5.22. The first-order valence-corrected chi connectivity index (χ1v) is 14.8. The normalized spacial score (nSPS) is 11.7. The van der Waals surface area contributed by atoms with Gasteiger partial charge in [-0.05, 0) is 86.5 Å². The molecule has 0 aliphatic heterocycles. The zero-order valence-corrected chi connectivity index (χ0v) is 26.1. The van der Waals surface area contributed by atoms with Crippen molar-refractivity contribution in [2.75, 3.05) is 24.9 Å². The van der Waals surface area contributed by atoms with Crippen LogP contribution in [-0.4, -0.2) is 37.2 Å². The molecule has 3 amide bonds. The largest absolute Gasteiger partial charge is 0.493 e. The molecule has 1 atom stereocenters. The molecule has 0 heterocycles. The number of ether oxygens (including phenoxy) is 2. The first-order chi connectivity index (χ1) is 21.2. The fourth-order valence-electron chi connectivity index (χ4n) is 4.29. The van der Waals surface area contributed by atoms with E-state index in [0.717, 1.165) is 21.7 Å². The average molecular weight is 610 g/mol. The molecule has 4 rings (SSSR count). The second-order valence-electron chi connectivity index (χ2n) is 9.99. The van der Waals surface area contributed by atoms with Gasteiger partial charge in [0.15, 0.2) is 11.5 Å². The summed E-state index contributed by atoms with van der Waals surface area (Å²) in [6.45, 7) is 5.86. The predicted molar refractivity (Wildman–Crippen MR) is 176 cm³/mol. The van der Waals surface area contributed by atoms with Crippen LogP contribution in [0.3, 0.4) is 0 Å². The van der Waals surface area contributed by atoms with Gasteiger partial charge in [-0.2, -0.15) is 0 Å². The van der Waals surface area contributed by atoms with Gasteiger partial charge in [-0.3, -0.25) is 14.4 Å². The number of nitrogens with one attached hydrogen (secondary N) is 3. The first-order valence-electron chi connectivity index (χ1n) is 13.9. The standard InChI is InChI=1S/C35H35N3O5S/c1-22-17-18-28(19-23(22)2)36-33(39)24(3)44-29-15-10-14-27(21-29)37-35(41)30(38-34(40)25-11-7-6-8-12-25)20-26-13-9-16-31(42-4)32(26)43-5/h6-21,24H,1-5H3,(H,36,39)(H,37,41)(H,38,40)/b30-20+. The molecule has 0 radical (unpaired) electrons. The molecular formula is C35H35N3O5S. The number of amides is 3. The Morgan fingerprint density at radius 1 is 0.773 bits per heavy atom. The predicted octanol–water partition coefficient (Wildman–Crippen LogP) is 6.85. The third-order valence-electron chi connectivity index (χ3n) is 6.81. The third-order valence-corrected chi connectivity index (χ3v) is 7.90. The van der Waals surface area contributed by atoms with E-state index < -0.39 is 17.1 Å². The van der Waals surface area contributed by atoms with Crippen LogP contribution in [0.4, 0.5) is 11.4 Å². The molecule has 1 unspecified atom stereocenters. The van der Waals surface area contributed by atoms with Crippen molar-refractivity contribution in [2.45, 2.75) is 30.9 Å².